The molecule has 1 fully saturated rings. The van der Waals surface area contributed by atoms with Crippen LogP contribution in [0.1, 0.15) is 33.1 Å². The third-order valence-electron chi connectivity index (χ3n) is 4.25. The maximum atomic E-state index is 12.4. The number of amides is 2. The van der Waals surface area contributed by atoms with Crippen LogP contribution in [-0.2, 0) is 9.59 Å². The molecule has 2 rings (SSSR count). The number of anilines is 2. The maximum absolute atomic E-state index is 12.4. The second-order valence-corrected chi connectivity index (χ2v) is 6.26. The first kappa shape index (κ1) is 16.3. The summed E-state index contributed by atoms with van der Waals surface area (Å²) in [4.78, 5) is 26.7. The Morgan fingerprint density at radius 2 is 1.77 bits per heavy atom. The lowest BCUT2D eigenvalue weighted by molar-refractivity contribution is -0.134. The zero-order valence-electron chi connectivity index (χ0n) is 13.8. The molecule has 0 aliphatic heterocycles. The number of carbonyl (C=O) groups excluding carboxylic acids is 2. The van der Waals surface area contributed by atoms with Gasteiger partial charge in [-0.05, 0) is 50.5 Å². The van der Waals surface area contributed by atoms with Gasteiger partial charge in [0.05, 0.1) is 0 Å². The van der Waals surface area contributed by atoms with Crippen LogP contribution in [0.5, 0.6) is 0 Å². The molecular formula is C17H25N3O2. The van der Waals surface area contributed by atoms with Gasteiger partial charge >= 0.3 is 0 Å². The third-order valence-corrected chi connectivity index (χ3v) is 4.25. The Labute approximate surface area is 132 Å². The van der Waals surface area contributed by atoms with Gasteiger partial charge in [0.2, 0.25) is 11.8 Å². The first-order chi connectivity index (χ1) is 10.4. The fourth-order valence-electron chi connectivity index (χ4n) is 2.24. The van der Waals surface area contributed by atoms with Crippen molar-refractivity contribution in [1.82, 2.24) is 5.32 Å². The van der Waals surface area contributed by atoms with E-state index in [1.165, 1.54) is 0 Å². The molecule has 0 saturated heterocycles. The molecule has 1 aromatic rings. The van der Waals surface area contributed by atoms with Crippen LogP contribution in [0.25, 0.3) is 0 Å². The van der Waals surface area contributed by atoms with Gasteiger partial charge in [-0.25, -0.2) is 0 Å². The molecule has 1 saturated carbocycles. The summed E-state index contributed by atoms with van der Waals surface area (Å²) in [7, 11) is 3.93. The van der Waals surface area contributed by atoms with Crippen LogP contribution in [0.4, 0.5) is 11.4 Å². The van der Waals surface area contributed by atoms with E-state index in [0.717, 1.165) is 17.8 Å². The molecule has 0 aromatic heterocycles. The second-order valence-electron chi connectivity index (χ2n) is 6.26. The normalized spacial score (nSPS) is 16.5. The number of nitrogens with zero attached hydrogens (tertiary/aromatic N) is 1. The molecule has 2 N–H and O–H groups in total. The van der Waals surface area contributed by atoms with Crippen molar-refractivity contribution in [2.24, 2.45) is 5.41 Å². The van der Waals surface area contributed by atoms with Crippen molar-refractivity contribution in [3.8, 4) is 0 Å². The highest BCUT2D eigenvalue weighted by atomic mass is 16.2. The maximum Gasteiger partial charge on any atom is 0.240 e. The van der Waals surface area contributed by atoms with Crippen molar-refractivity contribution in [3.05, 3.63) is 24.3 Å². The highest BCUT2D eigenvalue weighted by Gasteiger charge is 2.56. The molecule has 1 aliphatic rings. The van der Waals surface area contributed by atoms with E-state index in [-0.39, 0.29) is 17.9 Å². The van der Waals surface area contributed by atoms with Gasteiger partial charge in [0, 0.05) is 31.5 Å². The van der Waals surface area contributed by atoms with Crippen molar-refractivity contribution < 1.29 is 9.59 Å². The van der Waals surface area contributed by atoms with Crippen LogP contribution >= 0.6 is 0 Å². The molecule has 5 heteroatoms. The van der Waals surface area contributed by atoms with Crippen molar-refractivity contribution >= 4 is 23.2 Å². The summed E-state index contributed by atoms with van der Waals surface area (Å²) in [6, 6.07) is 7.69. The number of nitrogens with one attached hydrogen (secondary N) is 2. The Hall–Kier alpha value is -2.04. The largest absolute Gasteiger partial charge is 0.378 e. The molecule has 1 unspecified atom stereocenters. The number of benzene rings is 1. The SMILES string of the molecule is CCC(C)NC(=O)C1(C(=O)Nc2ccc(N(C)C)cc2)CC1. The lowest BCUT2D eigenvalue weighted by Crippen LogP contribution is -2.43. The van der Waals surface area contributed by atoms with Gasteiger partial charge in [-0.3, -0.25) is 9.59 Å². The Bertz CT molecular complexity index is 548. The molecule has 0 radical (unpaired) electrons. The zero-order valence-corrected chi connectivity index (χ0v) is 13.8. The summed E-state index contributed by atoms with van der Waals surface area (Å²) in [5.41, 5.74) is 0.913. The van der Waals surface area contributed by atoms with E-state index < -0.39 is 5.41 Å². The number of carbonyl (C=O) groups is 2. The minimum absolute atomic E-state index is 0.0946. The third kappa shape index (κ3) is 3.40. The van der Waals surface area contributed by atoms with E-state index in [2.05, 4.69) is 10.6 Å². The van der Waals surface area contributed by atoms with Crippen molar-refractivity contribution in [3.63, 3.8) is 0 Å². The smallest absolute Gasteiger partial charge is 0.240 e. The predicted molar refractivity (Wildman–Crippen MR) is 89.0 cm³/mol. The minimum Gasteiger partial charge on any atom is -0.378 e. The number of hydrogen-bond donors (Lipinski definition) is 2. The van der Waals surface area contributed by atoms with Crippen LogP contribution in [0.2, 0.25) is 0 Å². The average Bonchev–Trinajstić information content (AvgIpc) is 3.29. The summed E-state index contributed by atoms with van der Waals surface area (Å²) in [6.07, 6.45) is 2.10. The van der Waals surface area contributed by atoms with Crippen LogP contribution in [0.3, 0.4) is 0 Å². The minimum atomic E-state index is -0.871. The van der Waals surface area contributed by atoms with E-state index in [4.69, 9.17) is 0 Å². The highest BCUT2D eigenvalue weighted by Crippen LogP contribution is 2.47. The lowest BCUT2D eigenvalue weighted by atomic mass is 10.0. The van der Waals surface area contributed by atoms with Gasteiger partial charge in [-0.15, -0.1) is 0 Å². The lowest BCUT2D eigenvalue weighted by Gasteiger charge is -2.19. The first-order valence-corrected chi connectivity index (χ1v) is 7.79. The molecule has 120 valence electrons. The highest BCUT2D eigenvalue weighted by molar-refractivity contribution is 6.13. The monoisotopic (exact) mass is 303 g/mol. The van der Waals surface area contributed by atoms with Crippen LogP contribution in [0, 0.1) is 5.41 Å². The van der Waals surface area contributed by atoms with Gasteiger partial charge in [0.25, 0.3) is 0 Å². The first-order valence-electron chi connectivity index (χ1n) is 7.79. The Kier molecular flexibility index (Phi) is 4.74. The standard InChI is InChI=1S/C17H25N3O2/c1-5-12(2)18-15(21)17(10-11-17)16(22)19-13-6-8-14(9-7-13)20(3)4/h6-9,12H,5,10-11H2,1-4H3,(H,18,21)(H,19,22). The summed E-state index contributed by atoms with van der Waals surface area (Å²) in [6.45, 7) is 3.96. The molecule has 1 atom stereocenters. The van der Waals surface area contributed by atoms with Crippen molar-refractivity contribution in [1.29, 1.82) is 0 Å². The van der Waals surface area contributed by atoms with E-state index >= 15 is 0 Å². The zero-order chi connectivity index (χ0) is 16.3. The van der Waals surface area contributed by atoms with Gasteiger partial charge in [0.15, 0.2) is 0 Å². The molecule has 1 aliphatic carbocycles. The van der Waals surface area contributed by atoms with E-state index in [0.29, 0.717) is 12.8 Å². The molecule has 0 heterocycles. The van der Waals surface area contributed by atoms with Crippen molar-refractivity contribution in [2.45, 2.75) is 39.2 Å². The molecule has 0 bridgehead atoms. The summed E-state index contributed by atoms with van der Waals surface area (Å²) in [5.74, 6) is -0.352. The molecule has 2 amide bonds. The fraction of sp³-hybridized carbons (Fsp3) is 0.529. The molecule has 22 heavy (non-hydrogen) atoms. The van der Waals surface area contributed by atoms with E-state index in [1.54, 1.807) is 0 Å². The van der Waals surface area contributed by atoms with E-state index in [1.807, 2.05) is 57.1 Å². The Morgan fingerprint density at radius 1 is 1.18 bits per heavy atom. The summed E-state index contributed by atoms with van der Waals surface area (Å²) in [5, 5.41) is 5.78. The Balaban J connectivity index is 2.01. The molecule has 0 spiro atoms. The summed E-state index contributed by atoms with van der Waals surface area (Å²) >= 11 is 0. The average molecular weight is 303 g/mol. The number of hydrogen-bond acceptors (Lipinski definition) is 3. The predicted octanol–water partition coefficient (Wildman–Crippen LogP) is 2.39. The number of rotatable bonds is 6. The van der Waals surface area contributed by atoms with Gasteiger partial charge < -0.3 is 15.5 Å². The van der Waals surface area contributed by atoms with Gasteiger partial charge in [0.1, 0.15) is 5.41 Å². The van der Waals surface area contributed by atoms with Gasteiger partial charge in [-0.1, -0.05) is 6.92 Å². The van der Waals surface area contributed by atoms with Crippen LogP contribution in [0.15, 0.2) is 24.3 Å². The Morgan fingerprint density at radius 3 is 2.23 bits per heavy atom. The summed E-state index contributed by atoms with van der Waals surface area (Å²) < 4.78 is 0. The van der Waals surface area contributed by atoms with E-state index in [9.17, 15) is 9.59 Å². The van der Waals surface area contributed by atoms with Gasteiger partial charge in [-0.2, -0.15) is 0 Å². The van der Waals surface area contributed by atoms with Crippen LogP contribution in [-0.4, -0.2) is 32.0 Å². The quantitative estimate of drug-likeness (QED) is 0.793. The van der Waals surface area contributed by atoms with Crippen molar-refractivity contribution in [2.75, 3.05) is 24.3 Å². The van der Waals surface area contributed by atoms with Crippen LogP contribution < -0.4 is 15.5 Å². The molecule has 1 aromatic carbocycles. The molecule has 5 nitrogen and oxygen atoms in total. The second kappa shape index (κ2) is 6.38. The topological polar surface area (TPSA) is 61.4 Å². The molecular weight excluding hydrogens is 278 g/mol. The fourth-order valence-corrected chi connectivity index (χ4v) is 2.24.